The predicted molar refractivity (Wildman–Crippen MR) is 58.6 cm³/mol. The van der Waals surface area contributed by atoms with Crippen molar-refractivity contribution in [3.63, 3.8) is 0 Å². The van der Waals surface area contributed by atoms with Crippen molar-refractivity contribution < 1.29 is 4.79 Å². The first-order valence-electron chi connectivity index (χ1n) is 4.38. The van der Waals surface area contributed by atoms with Crippen molar-refractivity contribution in [1.82, 2.24) is 10.3 Å². The fraction of sp³-hybridized carbons (Fsp3) is 0.556. The number of carbonyl (C=O) groups is 1. The molecule has 1 amide bonds. The van der Waals surface area contributed by atoms with Crippen LogP contribution in [0, 0.1) is 12.8 Å². The topological polar surface area (TPSA) is 42.0 Å². The molecule has 0 aliphatic heterocycles. The van der Waals surface area contributed by atoms with Crippen molar-refractivity contribution in [2.45, 2.75) is 20.4 Å². The lowest BCUT2D eigenvalue weighted by molar-refractivity contribution is -0.124. The molecule has 0 aliphatic carbocycles. The van der Waals surface area contributed by atoms with Crippen LogP contribution in [-0.2, 0) is 11.3 Å². The normalized spacial score (nSPS) is 12.5. The molecular formula is C9H13ClN2OS. The number of nitrogens with one attached hydrogen (secondary N) is 1. The van der Waals surface area contributed by atoms with Gasteiger partial charge in [0.2, 0.25) is 5.91 Å². The Morgan fingerprint density at radius 2 is 2.50 bits per heavy atom. The van der Waals surface area contributed by atoms with Crippen LogP contribution in [0.5, 0.6) is 0 Å². The quantitative estimate of drug-likeness (QED) is 0.807. The fourth-order valence-electron chi connectivity index (χ4n) is 0.891. The zero-order chi connectivity index (χ0) is 10.6. The highest BCUT2D eigenvalue weighted by molar-refractivity contribution is 7.09. The highest BCUT2D eigenvalue weighted by atomic mass is 35.5. The molecule has 5 heteroatoms. The molecule has 0 bridgehead atoms. The van der Waals surface area contributed by atoms with E-state index in [0.29, 0.717) is 12.4 Å². The Hall–Kier alpha value is -0.610. The van der Waals surface area contributed by atoms with Crippen LogP contribution in [-0.4, -0.2) is 16.8 Å². The Morgan fingerprint density at radius 3 is 3.00 bits per heavy atom. The Morgan fingerprint density at radius 1 is 1.79 bits per heavy atom. The molecule has 0 fully saturated rings. The summed E-state index contributed by atoms with van der Waals surface area (Å²) in [7, 11) is 0. The van der Waals surface area contributed by atoms with E-state index in [4.69, 9.17) is 11.6 Å². The van der Waals surface area contributed by atoms with E-state index in [2.05, 4.69) is 10.3 Å². The molecule has 1 rings (SSSR count). The maximum Gasteiger partial charge on any atom is 0.224 e. The minimum absolute atomic E-state index is 0.0205. The molecule has 1 aromatic heterocycles. The first-order chi connectivity index (χ1) is 6.63. The van der Waals surface area contributed by atoms with E-state index in [9.17, 15) is 4.79 Å². The Labute approximate surface area is 92.5 Å². The zero-order valence-corrected chi connectivity index (χ0v) is 9.78. The zero-order valence-electron chi connectivity index (χ0n) is 8.21. The van der Waals surface area contributed by atoms with Gasteiger partial charge >= 0.3 is 0 Å². The summed E-state index contributed by atoms with van der Waals surface area (Å²) in [4.78, 5) is 15.6. The summed E-state index contributed by atoms with van der Waals surface area (Å²) >= 11 is 7.11. The molecule has 0 spiro atoms. The van der Waals surface area contributed by atoms with Crippen molar-refractivity contribution in [3.05, 3.63) is 16.1 Å². The lowest BCUT2D eigenvalue weighted by Gasteiger charge is -2.07. The Bertz CT molecular complexity index is 314. The molecule has 0 saturated heterocycles. The second-order valence-corrected chi connectivity index (χ2v) is 4.41. The summed E-state index contributed by atoms with van der Waals surface area (Å²) in [6.45, 7) is 4.23. The van der Waals surface area contributed by atoms with Gasteiger partial charge in [-0.1, -0.05) is 6.92 Å². The number of halogens is 1. The SMILES string of the molecule is Cc1csc(CNC(=O)C(C)CCl)n1. The third-order valence-corrected chi connectivity index (χ3v) is 3.19. The number of thiazole rings is 1. The van der Waals surface area contributed by atoms with Crippen LogP contribution < -0.4 is 5.32 Å². The van der Waals surface area contributed by atoms with Gasteiger partial charge in [0, 0.05) is 22.9 Å². The van der Waals surface area contributed by atoms with E-state index in [1.807, 2.05) is 12.3 Å². The maximum absolute atomic E-state index is 11.3. The second kappa shape index (κ2) is 5.32. The second-order valence-electron chi connectivity index (χ2n) is 3.16. The lowest BCUT2D eigenvalue weighted by atomic mass is 10.2. The first-order valence-corrected chi connectivity index (χ1v) is 5.79. The standard InChI is InChI=1S/C9H13ClN2OS/c1-6(3-10)9(13)11-4-8-12-7(2)5-14-8/h5-6H,3-4H2,1-2H3,(H,11,13). The average Bonchev–Trinajstić information content (AvgIpc) is 2.59. The minimum atomic E-state index is -0.141. The molecule has 1 heterocycles. The molecule has 1 N–H and O–H groups in total. The van der Waals surface area contributed by atoms with E-state index >= 15 is 0 Å². The molecular weight excluding hydrogens is 220 g/mol. The van der Waals surface area contributed by atoms with Gasteiger partial charge in [-0.05, 0) is 6.92 Å². The van der Waals surface area contributed by atoms with Crippen LogP contribution in [0.3, 0.4) is 0 Å². The van der Waals surface area contributed by atoms with Crippen LogP contribution in [0.1, 0.15) is 17.6 Å². The molecule has 0 saturated carbocycles. The van der Waals surface area contributed by atoms with E-state index in [0.717, 1.165) is 10.7 Å². The number of hydrogen-bond acceptors (Lipinski definition) is 3. The summed E-state index contributed by atoms with van der Waals surface area (Å²) in [6.07, 6.45) is 0. The number of alkyl halides is 1. The van der Waals surface area contributed by atoms with Gasteiger partial charge in [0.05, 0.1) is 6.54 Å². The predicted octanol–water partition coefficient (Wildman–Crippen LogP) is 1.94. The minimum Gasteiger partial charge on any atom is -0.349 e. The highest BCUT2D eigenvalue weighted by Crippen LogP contribution is 2.08. The van der Waals surface area contributed by atoms with Crippen molar-refractivity contribution >= 4 is 28.8 Å². The van der Waals surface area contributed by atoms with E-state index in [1.165, 1.54) is 0 Å². The van der Waals surface area contributed by atoms with Gasteiger partial charge in [-0.2, -0.15) is 0 Å². The van der Waals surface area contributed by atoms with Crippen LogP contribution in [0.2, 0.25) is 0 Å². The molecule has 0 aromatic carbocycles. The largest absolute Gasteiger partial charge is 0.349 e. The molecule has 1 unspecified atom stereocenters. The smallest absolute Gasteiger partial charge is 0.224 e. The number of amides is 1. The lowest BCUT2D eigenvalue weighted by Crippen LogP contribution is -2.29. The molecule has 0 radical (unpaired) electrons. The van der Waals surface area contributed by atoms with Crippen LogP contribution in [0.25, 0.3) is 0 Å². The first kappa shape index (κ1) is 11.5. The Balaban J connectivity index is 2.37. The number of hydrogen-bond donors (Lipinski definition) is 1. The van der Waals surface area contributed by atoms with Crippen LogP contribution in [0.15, 0.2) is 5.38 Å². The molecule has 1 aromatic rings. The van der Waals surface area contributed by atoms with Crippen molar-refractivity contribution in [3.8, 4) is 0 Å². The van der Waals surface area contributed by atoms with E-state index in [-0.39, 0.29) is 11.8 Å². The number of carbonyl (C=O) groups excluding carboxylic acids is 1. The monoisotopic (exact) mass is 232 g/mol. The molecule has 0 aliphatic rings. The van der Waals surface area contributed by atoms with Crippen molar-refractivity contribution in [1.29, 1.82) is 0 Å². The Kier molecular flexibility index (Phi) is 4.35. The number of aromatic nitrogens is 1. The van der Waals surface area contributed by atoms with E-state index in [1.54, 1.807) is 18.3 Å². The highest BCUT2D eigenvalue weighted by Gasteiger charge is 2.11. The molecule has 1 atom stereocenters. The van der Waals surface area contributed by atoms with Crippen LogP contribution in [0.4, 0.5) is 0 Å². The summed E-state index contributed by atoms with van der Waals surface area (Å²) in [5, 5.41) is 5.68. The van der Waals surface area contributed by atoms with E-state index < -0.39 is 0 Å². The molecule has 3 nitrogen and oxygen atoms in total. The number of nitrogens with zero attached hydrogens (tertiary/aromatic N) is 1. The third kappa shape index (κ3) is 3.27. The molecule has 14 heavy (non-hydrogen) atoms. The van der Waals surface area contributed by atoms with Gasteiger partial charge in [-0.25, -0.2) is 4.98 Å². The number of rotatable bonds is 4. The van der Waals surface area contributed by atoms with Crippen LogP contribution >= 0.6 is 22.9 Å². The van der Waals surface area contributed by atoms with Gasteiger partial charge in [-0.3, -0.25) is 4.79 Å². The van der Waals surface area contributed by atoms with Gasteiger partial charge < -0.3 is 5.32 Å². The van der Waals surface area contributed by atoms with Gasteiger partial charge in [0.15, 0.2) is 0 Å². The van der Waals surface area contributed by atoms with Gasteiger partial charge in [-0.15, -0.1) is 22.9 Å². The summed E-state index contributed by atoms with van der Waals surface area (Å²) in [5.74, 6) is 0.188. The summed E-state index contributed by atoms with van der Waals surface area (Å²) in [5.41, 5.74) is 0.990. The average molecular weight is 233 g/mol. The summed E-state index contributed by atoms with van der Waals surface area (Å²) in [6, 6.07) is 0. The molecule has 78 valence electrons. The van der Waals surface area contributed by atoms with Gasteiger partial charge in [0.1, 0.15) is 5.01 Å². The maximum atomic E-state index is 11.3. The van der Waals surface area contributed by atoms with Crippen molar-refractivity contribution in [2.24, 2.45) is 5.92 Å². The third-order valence-electron chi connectivity index (χ3n) is 1.76. The van der Waals surface area contributed by atoms with Gasteiger partial charge in [0.25, 0.3) is 0 Å². The number of aryl methyl sites for hydroxylation is 1. The summed E-state index contributed by atoms with van der Waals surface area (Å²) < 4.78 is 0. The fourth-order valence-corrected chi connectivity index (χ4v) is 1.74. The van der Waals surface area contributed by atoms with Crippen molar-refractivity contribution in [2.75, 3.05) is 5.88 Å².